The number of hydrogen-bond donors (Lipinski definition) is 4. The van der Waals surface area contributed by atoms with Crippen molar-refractivity contribution in [1.29, 1.82) is 0 Å². The van der Waals surface area contributed by atoms with Crippen LogP contribution in [0.4, 0.5) is 0 Å². The van der Waals surface area contributed by atoms with E-state index in [2.05, 4.69) is 0 Å². The Morgan fingerprint density at radius 1 is 0.625 bits per heavy atom. The van der Waals surface area contributed by atoms with Crippen LogP contribution < -0.4 is 29.6 Å². The molecule has 0 saturated carbocycles. The third-order valence-electron chi connectivity index (χ3n) is 4.24. The van der Waals surface area contributed by atoms with Crippen LogP contribution in [0.25, 0.3) is 11.1 Å². The lowest BCUT2D eigenvalue weighted by Crippen LogP contribution is -2.18. The number of ether oxygens (including phenoxy) is 4. The van der Waals surface area contributed by atoms with E-state index in [0.29, 0.717) is 5.56 Å². The Kier molecular flexibility index (Phi) is 8.76. The summed E-state index contributed by atoms with van der Waals surface area (Å²) in [5.41, 5.74) is 0.711. The molecule has 12 heteroatoms. The van der Waals surface area contributed by atoms with E-state index in [1.807, 2.05) is 0 Å². The van der Waals surface area contributed by atoms with Crippen LogP contribution in [-0.2, 0) is 9.13 Å². The Labute approximate surface area is 186 Å². The van der Waals surface area contributed by atoms with Crippen LogP contribution in [-0.4, -0.2) is 46.0 Å². The van der Waals surface area contributed by atoms with E-state index in [1.54, 1.807) is 27.7 Å². The second-order valence-electron chi connectivity index (χ2n) is 6.41. The van der Waals surface area contributed by atoms with Crippen molar-refractivity contribution in [3.63, 3.8) is 0 Å². The number of rotatable bonds is 11. The molecule has 0 saturated heterocycles. The molecule has 4 N–H and O–H groups in total. The summed E-state index contributed by atoms with van der Waals surface area (Å²) in [4.78, 5) is 39.1. The highest BCUT2D eigenvalue weighted by Crippen LogP contribution is 2.55. The van der Waals surface area contributed by atoms with E-state index in [4.69, 9.17) is 18.9 Å². The summed E-state index contributed by atoms with van der Waals surface area (Å²) in [6.07, 6.45) is 0. The molecule has 2 rings (SSSR count). The van der Waals surface area contributed by atoms with Crippen molar-refractivity contribution in [2.45, 2.75) is 27.7 Å². The molecule has 178 valence electrons. The molecule has 0 bridgehead atoms. The average molecular weight is 490 g/mol. The van der Waals surface area contributed by atoms with Gasteiger partial charge >= 0.3 is 15.2 Å². The summed E-state index contributed by atoms with van der Waals surface area (Å²) >= 11 is 0. The Morgan fingerprint density at radius 3 is 1.31 bits per heavy atom. The predicted molar refractivity (Wildman–Crippen MR) is 120 cm³/mol. The van der Waals surface area contributed by atoms with E-state index in [1.165, 1.54) is 24.3 Å². The fraction of sp³-hybridized carbons (Fsp3) is 0.400. The highest BCUT2D eigenvalue weighted by molar-refractivity contribution is 7.61. The molecule has 0 aliphatic heterocycles. The zero-order valence-electron chi connectivity index (χ0n) is 18.3. The molecule has 0 unspecified atom stereocenters. The van der Waals surface area contributed by atoms with Gasteiger partial charge in [0.1, 0.15) is 0 Å². The SMILES string of the molecule is CCOc1c(OCC)c(P(=O)(O)O)c(OCC)c(OCC)c1-c1ccc(P(=O)(O)O)cc1. The first-order valence-electron chi connectivity index (χ1n) is 9.98. The molecule has 0 heterocycles. The standard InChI is InChI=1S/C20H28O10P2/c1-5-27-16-15(13-9-11-14(12-10-13)31(21,22)23)17(28-6-2)19(30-8-4)20(32(24,25)26)18(16)29-7-3/h9-12H,5-8H2,1-4H3,(H2,21,22,23)(H2,24,25,26). The fourth-order valence-corrected chi connectivity index (χ4v) is 4.52. The minimum Gasteiger partial charge on any atom is -0.489 e. The Hall–Kier alpha value is -2.06. The van der Waals surface area contributed by atoms with Gasteiger partial charge in [-0.3, -0.25) is 9.13 Å². The minimum atomic E-state index is -4.91. The third kappa shape index (κ3) is 5.64. The normalized spacial score (nSPS) is 11.9. The molecule has 0 aliphatic carbocycles. The van der Waals surface area contributed by atoms with Crippen molar-refractivity contribution < 1.29 is 47.7 Å². The molecule has 0 radical (unpaired) electrons. The molecule has 0 amide bonds. The zero-order valence-corrected chi connectivity index (χ0v) is 20.1. The lowest BCUT2D eigenvalue weighted by atomic mass is 10.0. The maximum absolute atomic E-state index is 12.5. The summed E-state index contributed by atoms with van der Waals surface area (Å²) < 4.78 is 46.9. The van der Waals surface area contributed by atoms with Crippen molar-refractivity contribution in [3.05, 3.63) is 24.3 Å². The third-order valence-corrected chi connectivity index (χ3v) is 6.19. The summed E-state index contributed by atoms with van der Waals surface area (Å²) in [6.45, 7) is 7.18. The largest absolute Gasteiger partial charge is 0.489 e. The molecule has 0 fully saturated rings. The molecule has 32 heavy (non-hydrogen) atoms. The van der Waals surface area contributed by atoms with Crippen LogP contribution in [0.3, 0.4) is 0 Å². The van der Waals surface area contributed by atoms with Crippen LogP contribution in [0.5, 0.6) is 23.0 Å². The lowest BCUT2D eigenvalue weighted by Gasteiger charge is -2.25. The first-order valence-corrected chi connectivity index (χ1v) is 13.2. The van der Waals surface area contributed by atoms with Gasteiger partial charge in [-0.25, -0.2) is 0 Å². The van der Waals surface area contributed by atoms with Crippen molar-refractivity contribution in [3.8, 4) is 34.1 Å². The van der Waals surface area contributed by atoms with Crippen LogP contribution in [0.15, 0.2) is 24.3 Å². The van der Waals surface area contributed by atoms with Gasteiger partial charge in [-0.15, -0.1) is 0 Å². The molecular formula is C20H28O10P2. The van der Waals surface area contributed by atoms with Gasteiger partial charge < -0.3 is 38.5 Å². The van der Waals surface area contributed by atoms with Crippen LogP contribution in [0.1, 0.15) is 27.7 Å². The van der Waals surface area contributed by atoms with Gasteiger partial charge in [-0.05, 0) is 45.4 Å². The Bertz CT molecular complexity index is 987. The lowest BCUT2D eigenvalue weighted by molar-refractivity contribution is 0.269. The van der Waals surface area contributed by atoms with Crippen LogP contribution in [0.2, 0.25) is 0 Å². The monoisotopic (exact) mass is 490 g/mol. The topological polar surface area (TPSA) is 152 Å². The number of hydrogen-bond acceptors (Lipinski definition) is 6. The molecule has 0 spiro atoms. The Morgan fingerprint density at radius 2 is 1.00 bits per heavy atom. The molecular weight excluding hydrogens is 462 g/mol. The zero-order chi connectivity index (χ0) is 24.1. The van der Waals surface area contributed by atoms with Crippen molar-refractivity contribution in [1.82, 2.24) is 0 Å². The molecule has 0 aliphatic rings. The van der Waals surface area contributed by atoms with Crippen LogP contribution >= 0.6 is 15.2 Å². The molecule has 0 atom stereocenters. The second-order valence-corrected chi connectivity index (χ2v) is 9.55. The summed E-state index contributed by atoms with van der Waals surface area (Å²) in [7, 11) is -9.37. The number of benzene rings is 2. The van der Waals surface area contributed by atoms with Gasteiger partial charge in [0.05, 0.1) is 37.3 Å². The van der Waals surface area contributed by atoms with Crippen molar-refractivity contribution in [2.24, 2.45) is 0 Å². The van der Waals surface area contributed by atoms with Crippen molar-refractivity contribution in [2.75, 3.05) is 26.4 Å². The fourth-order valence-electron chi connectivity index (χ4n) is 3.12. The van der Waals surface area contributed by atoms with E-state index in [0.717, 1.165) is 0 Å². The van der Waals surface area contributed by atoms with Gasteiger partial charge in [0, 0.05) is 0 Å². The molecule has 2 aromatic carbocycles. The van der Waals surface area contributed by atoms with Gasteiger partial charge in [0.2, 0.25) is 0 Å². The average Bonchev–Trinajstić information content (AvgIpc) is 2.70. The predicted octanol–water partition coefficient (Wildman–Crippen LogP) is 2.55. The van der Waals surface area contributed by atoms with Crippen molar-refractivity contribution >= 4 is 25.8 Å². The summed E-state index contributed by atoms with van der Waals surface area (Å²) in [5, 5.41) is -0.664. The summed E-state index contributed by atoms with van der Waals surface area (Å²) in [6, 6.07) is 5.44. The van der Waals surface area contributed by atoms with Gasteiger partial charge in [0.15, 0.2) is 28.3 Å². The van der Waals surface area contributed by atoms with E-state index in [-0.39, 0.29) is 60.3 Å². The highest BCUT2D eigenvalue weighted by atomic mass is 31.2. The molecule has 10 nitrogen and oxygen atoms in total. The maximum Gasteiger partial charge on any atom is 0.364 e. The molecule has 0 aromatic heterocycles. The first-order chi connectivity index (χ1) is 15.0. The van der Waals surface area contributed by atoms with Crippen LogP contribution in [0, 0.1) is 0 Å². The highest BCUT2D eigenvalue weighted by Gasteiger charge is 2.37. The smallest absolute Gasteiger partial charge is 0.364 e. The van der Waals surface area contributed by atoms with Gasteiger partial charge in [0.25, 0.3) is 0 Å². The molecule has 2 aromatic rings. The van der Waals surface area contributed by atoms with E-state index < -0.39 is 20.5 Å². The first kappa shape index (κ1) is 26.2. The van der Waals surface area contributed by atoms with E-state index in [9.17, 15) is 28.7 Å². The Balaban J connectivity index is 3.03. The van der Waals surface area contributed by atoms with E-state index >= 15 is 0 Å². The maximum atomic E-state index is 12.5. The van der Waals surface area contributed by atoms with Gasteiger partial charge in [-0.1, -0.05) is 12.1 Å². The van der Waals surface area contributed by atoms with Gasteiger partial charge in [-0.2, -0.15) is 0 Å². The summed E-state index contributed by atoms with van der Waals surface area (Å²) in [5.74, 6) is -0.292. The quantitative estimate of drug-likeness (QED) is 0.346. The second kappa shape index (κ2) is 10.7. The minimum absolute atomic E-state index is 0.0310.